The van der Waals surface area contributed by atoms with E-state index in [0.717, 1.165) is 24.5 Å². The van der Waals surface area contributed by atoms with Crippen molar-refractivity contribution < 1.29 is 0 Å². The molecular weight excluding hydrogens is 232 g/mol. The fraction of sp³-hybridized carbons (Fsp3) is 0.882. The molecule has 1 unspecified atom stereocenters. The molecule has 110 valence electrons. The zero-order valence-electron chi connectivity index (χ0n) is 12.7. The molecule has 0 radical (unpaired) electrons. The van der Waals surface area contributed by atoms with Gasteiger partial charge in [-0.25, -0.2) is 0 Å². The first-order chi connectivity index (χ1) is 9.29. The van der Waals surface area contributed by atoms with Gasteiger partial charge in [0, 0.05) is 24.7 Å². The minimum Gasteiger partial charge on any atom is -0.311 e. The molecule has 0 heterocycles. The van der Waals surface area contributed by atoms with Crippen molar-refractivity contribution in [3.63, 3.8) is 0 Å². The van der Waals surface area contributed by atoms with Crippen LogP contribution in [0.15, 0.2) is 12.7 Å². The van der Waals surface area contributed by atoms with Crippen LogP contribution in [0.1, 0.15) is 64.7 Å². The van der Waals surface area contributed by atoms with Crippen LogP contribution in [-0.4, -0.2) is 24.7 Å². The molecule has 0 aromatic carbocycles. The molecule has 2 rings (SSSR count). The lowest BCUT2D eigenvalue weighted by molar-refractivity contribution is 0.223. The van der Waals surface area contributed by atoms with E-state index in [4.69, 9.17) is 0 Å². The first-order valence-electron chi connectivity index (χ1n) is 8.40. The van der Waals surface area contributed by atoms with E-state index in [1.807, 2.05) is 6.08 Å². The molecule has 2 saturated carbocycles. The maximum absolute atomic E-state index is 3.92. The fourth-order valence-electron chi connectivity index (χ4n) is 3.82. The van der Waals surface area contributed by atoms with Crippen molar-refractivity contribution in [3.8, 4) is 0 Å². The lowest BCUT2D eigenvalue weighted by Gasteiger charge is -2.36. The van der Waals surface area contributed by atoms with Gasteiger partial charge in [-0.05, 0) is 51.4 Å². The van der Waals surface area contributed by atoms with E-state index < -0.39 is 0 Å². The summed E-state index contributed by atoms with van der Waals surface area (Å²) in [6.45, 7) is 7.06. The number of hydrogen-bond donors (Lipinski definition) is 2. The summed E-state index contributed by atoms with van der Waals surface area (Å²) >= 11 is 0. The van der Waals surface area contributed by atoms with E-state index in [-0.39, 0.29) is 0 Å². The van der Waals surface area contributed by atoms with Crippen LogP contribution in [0, 0.1) is 5.92 Å². The topological polar surface area (TPSA) is 24.1 Å². The summed E-state index contributed by atoms with van der Waals surface area (Å²) in [6, 6.07) is 2.27. The van der Waals surface area contributed by atoms with Crippen molar-refractivity contribution in [1.82, 2.24) is 10.6 Å². The van der Waals surface area contributed by atoms with Gasteiger partial charge in [0.25, 0.3) is 0 Å². The Labute approximate surface area is 119 Å². The third-order valence-corrected chi connectivity index (χ3v) is 5.14. The van der Waals surface area contributed by atoms with Gasteiger partial charge in [-0.1, -0.05) is 25.3 Å². The van der Waals surface area contributed by atoms with Crippen molar-refractivity contribution in [1.29, 1.82) is 0 Å². The zero-order valence-corrected chi connectivity index (χ0v) is 12.7. The Bertz CT molecular complexity index is 250. The van der Waals surface area contributed by atoms with Crippen LogP contribution >= 0.6 is 0 Å². The summed E-state index contributed by atoms with van der Waals surface area (Å²) in [5, 5.41) is 7.48. The Hall–Kier alpha value is -0.340. The molecule has 19 heavy (non-hydrogen) atoms. The van der Waals surface area contributed by atoms with Crippen LogP contribution in [0.2, 0.25) is 0 Å². The molecule has 2 fully saturated rings. The van der Waals surface area contributed by atoms with Gasteiger partial charge in [-0.2, -0.15) is 0 Å². The van der Waals surface area contributed by atoms with Gasteiger partial charge in [-0.15, -0.1) is 6.58 Å². The molecule has 0 aromatic heterocycles. The maximum Gasteiger partial charge on any atom is 0.0134 e. The van der Waals surface area contributed by atoms with Crippen LogP contribution in [-0.2, 0) is 0 Å². The summed E-state index contributed by atoms with van der Waals surface area (Å²) in [5.74, 6) is 0.865. The smallest absolute Gasteiger partial charge is 0.0134 e. The highest BCUT2D eigenvalue weighted by molar-refractivity contribution is 4.86. The van der Waals surface area contributed by atoms with E-state index in [1.165, 1.54) is 57.8 Å². The van der Waals surface area contributed by atoms with Crippen LogP contribution in [0.5, 0.6) is 0 Å². The Kier molecular flexibility index (Phi) is 6.39. The van der Waals surface area contributed by atoms with Crippen molar-refractivity contribution >= 4 is 0 Å². The highest BCUT2D eigenvalue weighted by atomic mass is 15.0. The van der Waals surface area contributed by atoms with Gasteiger partial charge in [0.15, 0.2) is 0 Å². The molecule has 0 saturated heterocycles. The molecule has 0 bridgehead atoms. The number of nitrogens with one attached hydrogen (secondary N) is 2. The highest BCUT2D eigenvalue weighted by Gasteiger charge is 2.26. The average molecular weight is 264 g/mol. The third-order valence-electron chi connectivity index (χ3n) is 5.14. The van der Waals surface area contributed by atoms with Crippen molar-refractivity contribution in [3.05, 3.63) is 12.7 Å². The quantitative estimate of drug-likeness (QED) is 0.716. The Morgan fingerprint density at radius 1 is 1.00 bits per heavy atom. The predicted molar refractivity (Wildman–Crippen MR) is 83.4 cm³/mol. The molecule has 0 amide bonds. The van der Waals surface area contributed by atoms with Gasteiger partial charge in [0.2, 0.25) is 0 Å². The van der Waals surface area contributed by atoms with Gasteiger partial charge >= 0.3 is 0 Å². The molecular formula is C17H32N2. The van der Waals surface area contributed by atoms with Gasteiger partial charge in [0.05, 0.1) is 0 Å². The lowest BCUT2D eigenvalue weighted by atomic mass is 9.81. The summed E-state index contributed by atoms with van der Waals surface area (Å²) < 4.78 is 0. The molecule has 2 aliphatic rings. The van der Waals surface area contributed by atoms with Crippen LogP contribution < -0.4 is 10.6 Å². The van der Waals surface area contributed by atoms with Gasteiger partial charge in [0.1, 0.15) is 0 Å². The van der Waals surface area contributed by atoms with Gasteiger partial charge < -0.3 is 10.6 Å². The normalized spacial score (nSPS) is 31.0. The Morgan fingerprint density at radius 3 is 2.26 bits per heavy atom. The average Bonchev–Trinajstić information content (AvgIpc) is 2.46. The summed E-state index contributed by atoms with van der Waals surface area (Å²) in [4.78, 5) is 0. The third kappa shape index (κ3) is 4.92. The van der Waals surface area contributed by atoms with Crippen LogP contribution in [0.4, 0.5) is 0 Å². The zero-order chi connectivity index (χ0) is 13.5. The molecule has 2 aliphatic carbocycles. The summed E-state index contributed by atoms with van der Waals surface area (Å²) in [6.07, 6.45) is 14.7. The minimum atomic E-state index is 0.647. The van der Waals surface area contributed by atoms with E-state index in [0.29, 0.717) is 6.04 Å². The van der Waals surface area contributed by atoms with Crippen molar-refractivity contribution in [2.24, 2.45) is 5.92 Å². The number of hydrogen-bond acceptors (Lipinski definition) is 2. The second-order valence-electron chi connectivity index (χ2n) is 6.60. The molecule has 2 heteroatoms. The molecule has 2 N–H and O–H groups in total. The monoisotopic (exact) mass is 264 g/mol. The largest absolute Gasteiger partial charge is 0.311 e. The van der Waals surface area contributed by atoms with Crippen LogP contribution in [0.3, 0.4) is 0 Å². The SMILES string of the molecule is C=CCNC(C)C1CCC(NC2CCCCC2)CC1. The van der Waals surface area contributed by atoms with Crippen LogP contribution in [0.25, 0.3) is 0 Å². The van der Waals surface area contributed by atoms with Crippen molar-refractivity contribution in [2.75, 3.05) is 6.54 Å². The number of rotatable bonds is 6. The standard InChI is InChI=1S/C17H32N2/c1-3-13-18-14(2)15-9-11-17(12-10-15)19-16-7-5-4-6-8-16/h3,14-19H,1,4-13H2,2H3. The van der Waals surface area contributed by atoms with Gasteiger partial charge in [-0.3, -0.25) is 0 Å². The maximum atomic E-state index is 3.92. The van der Waals surface area contributed by atoms with E-state index in [2.05, 4.69) is 24.1 Å². The molecule has 0 aliphatic heterocycles. The molecule has 1 atom stereocenters. The van der Waals surface area contributed by atoms with E-state index >= 15 is 0 Å². The Balaban J connectivity index is 1.65. The summed E-state index contributed by atoms with van der Waals surface area (Å²) in [7, 11) is 0. The summed E-state index contributed by atoms with van der Waals surface area (Å²) in [5.41, 5.74) is 0. The lowest BCUT2D eigenvalue weighted by Crippen LogP contribution is -2.44. The second kappa shape index (κ2) is 8.06. The first kappa shape index (κ1) is 15.1. The highest BCUT2D eigenvalue weighted by Crippen LogP contribution is 2.28. The van der Waals surface area contributed by atoms with Crippen molar-refractivity contribution in [2.45, 2.75) is 82.8 Å². The fourth-order valence-corrected chi connectivity index (χ4v) is 3.82. The molecule has 0 spiro atoms. The molecule has 0 aromatic rings. The van der Waals surface area contributed by atoms with E-state index in [1.54, 1.807) is 0 Å². The first-order valence-corrected chi connectivity index (χ1v) is 8.40. The molecule has 2 nitrogen and oxygen atoms in total. The predicted octanol–water partition coefficient (Wildman–Crippen LogP) is 3.63. The second-order valence-corrected chi connectivity index (χ2v) is 6.60. The van der Waals surface area contributed by atoms with E-state index in [9.17, 15) is 0 Å². The minimum absolute atomic E-state index is 0.647. The Morgan fingerprint density at radius 2 is 1.63 bits per heavy atom.